The Morgan fingerprint density at radius 1 is 1.23 bits per heavy atom. The lowest BCUT2D eigenvalue weighted by atomic mass is 9.85. The molecule has 120 valence electrons. The van der Waals surface area contributed by atoms with Gasteiger partial charge >= 0.3 is 0 Å². The van der Waals surface area contributed by atoms with Gasteiger partial charge in [-0.25, -0.2) is 0 Å². The molecule has 0 N–H and O–H groups in total. The SMILES string of the molecule is CCCN(CCC)C1CCc2ccc3c(c2C1)N([O-])C(=O)C3. The van der Waals surface area contributed by atoms with Crippen LogP contribution in [0, 0.1) is 5.21 Å². The van der Waals surface area contributed by atoms with Crippen molar-refractivity contribution in [1.29, 1.82) is 0 Å². The Kier molecular flexibility index (Phi) is 4.50. The fraction of sp³-hybridized carbons (Fsp3) is 0.611. The molecule has 1 aliphatic heterocycles. The van der Waals surface area contributed by atoms with Gasteiger partial charge in [-0.3, -0.25) is 4.79 Å². The summed E-state index contributed by atoms with van der Waals surface area (Å²) in [5, 5.41) is 12.8. The monoisotopic (exact) mass is 301 g/mol. The molecule has 2 aliphatic rings. The summed E-state index contributed by atoms with van der Waals surface area (Å²) in [6.45, 7) is 6.66. The molecule has 1 aromatic rings. The third kappa shape index (κ3) is 2.66. The van der Waals surface area contributed by atoms with E-state index >= 15 is 0 Å². The summed E-state index contributed by atoms with van der Waals surface area (Å²) in [5.74, 6) is -0.315. The molecule has 0 aromatic heterocycles. The summed E-state index contributed by atoms with van der Waals surface area (Å²) < 4.78 is 0. The van der Waals surface area contributed by atoms with E-state index in [9.17, 15) is 10.0 Å². The van der Waals surface area contributed by atoms with Crippen molar-refractivity contribution in [3.8, 4) is 0 Å². The molecule has 0 fully saturated rings. The average molecular weight is 301 g/mol. The Bertz CT molecular complexity index is 564. The molecule has 1 heterocycles. The van der Waals surface area contributed by atoms with Crippen molar-refractivity contribution in [2.45, 2.75) is 58.4 Å². The molecule has 0 radical (unpaired) electrons. The fourth-order valence-corrected chi connectivity index (χ4v) is 3.97. The minimum absolute atomic E-state index is 0.268. The summed E-state index contributed by atoms with van der Waals surface area (Å²) >= 11 is 0. The predicted octanol–water partition coefficient (Wildman–Crippen LogP) is 3.05. The van der Waals surface area contributed by atoms with Crippen molar-refractivity contribution in [2.24, 2.45) is 0 Å². The average Bonchev–Trinajstić information content (AvgIpc) is 2.82. The van der Waals surface area contributed by atoms with Gasteiger partial charge in [0.15, 0.2) is 0 Å². The maximum absolute atomic E-state index is 12.1. The second kappa shape index (κ2) is 6.39. The smallest absolute Gasteiger partial charge is 0.220 e. The maximum atomic E-state index is 12.1. The molecule has 1 amide bonds. The molecule has 0 bridgehead atoms. The van der Waals surface area contributed by atoms with Crippen LogP contribution < -0.4 is 5.06 Å². The van der Waals surface area contributed by atoms with Crippen LogP contribution in [0.5, 0.6) is 0 Å². The molecule has 0 saturated heterocycles. The zero-order valence-corrected chi connectivity index (χ0v) is 13.6. The topological polar surface area (TPSA) is 46.6 Å². The van der Waals surface area contributed by atoms with Crippen LogP contribution in [0.1, 0.15) is 49.8 Å². The number of amides is 1. The molecule has 1 atom stereocenters. The summed E-state index contributed by atoms with van der Waals surface area (Å²) in [4.78, 5) is 14.3. The fourth-order valence-electron chi connectivity index (χ4n) is 3.97. The second-order valence-corrected chi connectivity index (χ2v) is 6.51. The van der Waals surface area contributed by atoms with Crippen LogP contribution in [0.2, 0.25) is 0 Å². The van der Waals surface area contributed by atoms with Crippen molar-refractivity contribution in [2.75, 3.05) is 18.2 Å². The highest BCUT2D eigenvalue weighted by Gasteiger charge is 2.30. The molecule has 4 nitrogen and oxygen atoms in total. The van der Waals surface area contributed by atoms with Crippen LogP contribution in [0.15, 0.2) is 12.1 Å². The molecule has 1 aromatic carbocycles. The Morgan fingerprint density at radius 2 is 1.91 bits per heavy atom. The minimum Gasteiger partial charge on any atom is -0.752 e. The van der Waals surface area contributed by atoms with E-state index in [4.69, 9.17) is 0 Å². The van der Waals surface area contributed by atoms with Gasteiger partial charge in [0.2, 0.25) is 5.91 Å². The van der Waals surface area contributed by atoms with Gasteiger partial charge in [-0.05, 0) is 61.9 Å². The number of carbonyl (C=O) groups excluding carboxylic acids is 1. The molecule has 0 saturated carbocycles. The molecule has 22 heavy (non-hydrogen) atoms. The number of aryl methyl sites for hydroxylation is 1. The Morgan fingerprint density at radius 3 is 2.59 bits per heavy atom. The summed E-state index contributed by atoms with van der Waals surface area (Å²) in [5.41, 5.74) is 3.97. The number of carbonyl (C=O) groups is 1. The highest BCUT2D eigenvalue weighted by Crippen LogP contribution is 2.38. The zero-order chi connectivity index (χ0) is 15.7. The van der Waals surface area contributed by atoms with Crippen LogP contribution in [-0.2, 0) is 24.1 Å². The first kappa shape index (κ1) is 15.5. The lowest BCUT2D eigenvalue weighted by Gasteiger charge is -2.37. The van der Waals surface area contributed by atoms with Crippen molar-refractivity contribution in [3.05, 3.63) is 34.0 Å². The molecule has 1 aliphatic carbocycles. The summed E-state index contributed by atoms with van der Waals surface area (Å²) in [6.07, 6.45) is 5.65. The Balaban J connectivity index is 1.89. The highest BCUT2D eigenvalue weighted by atomic mass is 16.5. The first-order valence-corrected chi connectivity index (χ1v) is 8.53. The van der Waals surface area contributed by atoms with Crippen LogP contribution in [0.4, 0.5) is 5.69 Å². The van der Waals surface area contributed by atoms with Gasteiger partial charge < -0.3 is 15.2 Å². The number of hydroxylamine groups is 1. The predicted molar refractivity (Wildman–Crippen MR) is 89.0 cm³/mol. The highest BCUT2D eigenvalue weighted by molar-refractivity contribution is 6.03. The maximum Gasteiger partial charge on any atom is 0.220 e. The minimum atomic E-state index is -0.315. The van der Waals surface area contributed by atoms with E-state index in [1.807, 2.05) is 6.07 Å². The molecule has 1 unspecified atom stereocenters. The number of hydrogen-bond donors (Lipinski definition) is 0. The van der Waals surface area contributed by atoms with Gasteiger partial charge in [-0.2, -0.15) is 0 Å². The molecule has 4 heteroatoms. The zero-order valence-electron chi connectivity index (χ0n) is 13.6. The number of benzene rings is 1. The van der Waals surface area contributed by atoms with Crippen molar-refractivity contribution >= 4 is 11.6 Å². The lowest BCUT2D eigenvalue weighted by molar-refractivity contribution is -0.116. The largest absolute Gasteiger partial charge is 0.752 e. The third-order valence-electron chi connectivity index (χ3n) is 4.96. The summed E-state index contributed by atoms with van der Waals surface area (Å²) in [7, 11) is 0. The quantitative estimate of drug-likeness (QED) is 0.839. The molecular formula is C18H25N2O2-. The first-order chi connectivity index (χ1) is 10.7. The van der Waals surface area contributed by atoms with E-state index in [0.29, 0.717) is 16.8 Å². The van der Waals surface area contributed by atoms with Gasteiger partial charge in [0.05, 0.1) is 6.42 Å². The van der Waals surface area contributed by atoms with Gasteiger partial charge in [0, 0.05) is 11.7 Å². The number of rotatable bonds is 5. The Hall–Kier alpha value is -1.39. The van der Waals surface area contributed by atoms with Crippen molar-refractivity contribution in [1.82, 2.24) is 4.90 Å². The van der Waals surface area contributed by atoms with Gasteiger partial charge in [-0.1, -0.05) is 26.0 Å². The lowest BCUT2D eigenvalue weighted by Crippen LogP contribution is -2.40. The van der Waals surface area contributed by atoms with Crippen LogP contribution in [0.3, 0.4) is 0 Å². The third-order valence-corrected chi connectivity index (χ3v) is 4.96. The molecule has 3 rings (SSSR count). The van der Waals surface area contributed by atoms with Crippen molar-refractivity contribution < 1.29 is 4.79 Å². The van der Waals surface area contributed by atoms with E-state index in [1.165, 1.54) is 5.56 Å². The number of hydrogen-bond acceptors (Lipinski definition) is 3. The standard InChI is InChI=1S/C18H25N2O2/c1-3-9-19(10-4-2)15-8-7-13-5-6-14-11-17(21)20(22)18(14)16(13)12-15/h5-6,15H,3-4,7-12H2,1-2H3/q-1. The number of nitrogens with zero attached hydrogens (tertiary/aromatic N) is 2. The van der Waals surface area contributed by atoms with Gasteiger partial charge in [-0.15, -0.1) is 0 Å². The van der Waals surface area contributed by atoms with E-state index < -0.39 is 0 Å². The van der Waals surface area contributed by atoms with Crippen LogP contribution in [-0.4, -0.2) is 29.9 Å². The van der Waals surface area contributed by atoms with E-state index in [-0.39, 0.29) is 12.3 Å². The summed E-state index contributed by atoms with van der Waals surface area (Å²) in [6, 6.07) is 4.60. The normalized spacial score (nSPS) is 20.5. The van der Waals surface area contributed by atoms with Crippen LogP contribution >= 0.6 is 0 Å². The Labute approximate surface area is 132 Å². The molecule has 0 spiro atoms. The molecular weight excluding hydrogens is 276 g/mol. The van der Waals surface area contributed by atoms with E-state index in [2.05, 4.69) is 24.8 Å². The number of fused-ring (bicyclic) bond motifs is 3. The van der Waals surface area contributed by atoms with E-state index in [1.54, 1.807) is 0 Å². The first-order valence-electron chi connectivity index (χ1n) is 8.53. The van der Waals surface area contributed by atoms with Gasteiger partial charge in [0.25, 0.3) is 0 Å². The van der Waals surface area contributed by atoms with Crippen molar-refractivity contribution in [3.63, 3.8) is 0 Å². The second-order valence-electron chi connectivity index (χ2n) is 6.51. The van der Waals surface area contributed by atoms with Crippen LogP contribution in [0.25, 0.3) is 0 Å². The van der Waals surface area contributed by atoms with Gasteiger partial charge in [0.1, 0.15) is 0 Å². The van der Waals surface area contributed by atoms with E-state index in [0.717, 1.165) is 56.3 Å². The number of anilines is 1.